The predicted octanol–water partition coefficient (Wildman–Crippen LogP) is 0.842. The maximum atomic E-state index is 10.6. The van der Waals surface area contributed by atoms with E-state index in [2.05, 4.69) is 19.9 Å². The van der Waals surface area contributed by atoms with Gasteiger partial charge < -0.3 is 34.3 Å². The summed E-state index contributed by atoms with van der Waals surface area (Å²) in [5.41, 5.74) is 7.50. The standard InChI is InChI=1S/C18H21N6O6PS/c19-16-13-17(22-8-21-16)24(9-23-13)18-15(26)14(25)12(29-18)7-28-31(32)27-6-3-11(30-31)10-1-4-20-5-2-10/h1-2,4-5,8-9,11-12,14-15,18,25-26H,3,6-7H2,(H2,19,21,22)/t11?,12-,14-,15-,18-,31?/m1/s1. The zero-order valence-electron chi connectivity index (χ0n) is 16.7. The number of fused-ring (bicyclic) bond motifs is 1. The van der Waals surface area contributed by atoms with Gasteiger partial charge in [-0.25, -0.2) is 15.0 Å². The lowest BCUT2D eigenvalue weighted by Gasteiger charge is -2.32. The number of rotatable bonds is 5. The monoisotopic (exact) mass is 480 g/mol. The smallest absolute Gasteiger partial charge is 0.327 e. The quantitative estimate of drug-likeness (QED) is 0.442. The second-order valence-corrected chi connectivity index (χ2v) is 10.3. The number of aliphatic hydroxyl groups excluding tert-OH is 2. The van der Waals surface area contributed by atoms with Crippen molar-refractivity contribution in [3.05, 3.63) is 42.7 Å². The van der Waals surface area contributed by atoms with Crippen LogP contribution in [-0.2, 0) is 30.1 Å². The van der Waals surface area contributed by atoms with Gasteiger partial charge in [0.2, 0.25) is 0 Å². The molecule has 2 aliphatic heterocycles. The minimum absolute atomic E-state index is 0.126. The Morgan fingerprint density at radius 3 is 2.84 bits per heavy atom. The number of nitrogens with two attached hydrogens (primary N) is 1. The third-order valence-corrected chi connectivity index (χ3v) is 7.73. The molecule has 0 aromatic carbocycles. The van der Waals surface area contributed by atoms with Crippen LogP contribution >= 0.6 is 6.72 Å². The van der Waals surface area contributed by atoms with Crippen molar-refractivity contribution in [2.75, 3.05) is 18.9 Å². The molecule has 170 valence electrons. The average molecular weight is 480 g/mol. The summed E-state index contributed by atoms with van der Waals surface area (Å²) < 4.78 is 24.8. The molecule has 4 N–H and O–H groups in total. The molecule has 2 aliphatic rings. The van der Waals surface area contributed by atoms with E-state index in [1.807, 2.05) is 12.1 Å². The van der Waals surface area contributed by atoms with Crippen LogP contribution in [0.4, 0.5) is 5.82 Å². The zero-order valence-corrected chi connectivity index (χ0v) is 18.4. The molecule has 5 rings (SSSR count). The van der Waals surface area contributed by atoms with Gasteiger partial charge >= 0.3 is 6.72 Å². The van der Waals surface area contributed by atoms with Crippen molar-refractivity contribution in [3.8, 4) is 0 Å². The van der Waals surface area contributed by atoms with Crippen molar-refractivity contribution in [2.45, 2.75) is 37.1 Å². The molecular formula is C18H21N6O6PS. The molecule has 3 aromatic heterocycles. The van der Waals surface area contributed by atoms with Crippen LogP contribution in [0.2, 0.25) is 0 Å². The van der Waals surface area contributed by atoms with Crippen molar-refractivity contribution in [1.29, 1.82) is 0 Å². The molecule has 0 spiro atoms. The minimum atomic E-state index is -3.08. The van der Waals surface area contributed by atoms with Gasteiger partial charge in [-0.05, 0) is 29.5 Å². The van der Waals surface area contributed by atoms with Crippen molar-refractivity contribution in [1.82, 2.24) is 24.5 Å². The van der Waals surface area contributed by atoms with E-state index in [0.29, 0.717) is 24.2 Å². The number of nitrogens with zero attached hydrogens (tertiary/aromatic N) is 5. The van der Waals surface area contributed by atoms with E-state index in [1.165, 1.54) is 17.2 Å². The Kier molecular flexibility index (Phi) is 5.90. The number of pyridine rings is 1. The van der Waals surface area contributed by atoms with E-state index in [1.54, 1.807) is 12.4 Å². The van der Waals surface area contributed by atoms with E-state index in [9.17, 15) is 10.2 Å². The van der Waals surface area contributed by atoms with Crippen molar-refractivity contribution in [3.63, 3.8) is 0 Å². The summed E-state index contributed by atoms with van der Waals surface area (Å²) in [5, 5.41) is 21.1. The second kappa shape index (κ2) is 8.69. The van der Waals surface area contributed by atoms with E-state index in [0.717, 1.165) is 5.56 Å². The van der Waals surface area contributed by atoms with Crippen molar-refractivity contribution < 1.29 is 28.5 Å². The van der Waals surface area contributed by atoms with E-state index < -0.39 is 31.3 Å². The zero-order chi connectivity index (χ0) is 22.3. The molecule has 0 saturated carbocycles. The molecule has 32 heavy (non-hydrogen) atoms. The van der Waals surface area contributed by atoms with Crippen LogP contribution < -0.4 is 5.73 Å². The van der Waals surface area contributed by atoms with Crippen LogP contribution in [0.15, 0.2) is 37.2 Å². The Balaban J connectivity index is 1.28. The first-order chi connectivity index (χ1) is 15.5. The average Bonchev–Trinajstić information content (AvgIpc) is 3.35. The summed E-state index contributed by atoms with van der Waals surface area (Å²) in [4.78, 5) is 16.2. The molecule has 2 fully saturated rings. The van der Waals surface area contributed by atoms with Gasteiger partial charge in [0.1, 0.15) is 30.2 Å². The highest BCUT2D eigenvalue weighted by molar-refractivity contribution is 8.07. The fourth-order valence-corrected chi connectivity index (χ4v) is 5.81. The molecule has 6 atom stereocenters. The van der Waals surface area contributed by atoms with Gasteiger partial charge in [0.25, 0.3) is 0 Å². The number of anilines is 1. The lowest BCUT2D eigenvalue weighted by molar-refractivity contribution is -0.0533. The van der Waals surface area contributed by atoms with Gasteiger partial charge in [0.05, 0.1) is 25.6 Å². The molecule has 0 bridgehead atoms. The maximum absolute atomic E-state index is 10.6. The summed E-state index contributed by atoms with van der Waals surface area (Å²) >= 11 is 5.50. The van der Waals surface area contributed by atoms with Crippen LogP contribution in [-0.4, -0.2) is 66.2 Å². The fourth-order valence-electron chi connectivity index (χ4n) is 3.70. The second-order valence-electron chi connectivity index (χ2n) is 7.37. The Morgan fingerprint density at radius 1 is 1.22 bits per heavy atom. The molecule has 0 radical (unpaired) electrons. The van der Waals surface area contributed by atoms with Crippen LogP contribution in [0.25, 0.3) is 11.2 Å². The first-order valence-corrected chi connectivity index (χ1v) is 12.4. The summed E-state index contributed by atoms with van der Waals surface area (Å²) in [6.45, 7) is -2.82. The first-order valence-electron chi connectivity index (χ1n) is 9.87. The van der Waals surface area contributed by atoms with Crippen molar-refractivity contribution >= 4 is 35.5 Å². The summed E-state index contributed by atoms with van der Waals surface area (Å²) in [6.07, 6.45) is 2.12. The lowest BCUT2D eigenvalue weighted by atomic mass is 10.1. The van der Waals surface area contributed by atoms with Crippen LogP contribution in [0.3, 0.4) is 0 Å². The molecule has 5 heterocycles. The number of aromatic nitrogens is 5. The van der Waals surface area contributed by atoms with E-state index in [4.69, 9.17) is 35.8 Å². The Labute approximate surface area is 187 Å². The highest BCUT2D eigenvalue weighted by atomic mass is 32.5. The number of nitrogen functional groups attached to an aromatic ring is 1. The third kappa shape index (κ3) is 4.02. The molecule has 12 nitrogen and oxygen atoms in total. The van der Waals surface area contributed by atoms with Gasteiger partial charge in [-0.15, -0.1) is 0 Å². The third-order valence-electron chi connectivity index (χ3n) is 5.36. The number of imidazole rings is 1. The number of hydrogen-bond donors (Lipinski definition) is 3. The maximum Gasteiger partial charge on any atom is 0.327 e. The molecule has 14 heteroatoms. The Hall–Kier alpha value is -2.09. The molecule has 0 amide bonds. The number of aliphatic hydroxyl groups is 2. The Morgan fingerprint density at radius 2 is 2.03 bits per heavy atom. The number of ether oxygens (including phenoxy) is 1. The summed E-state index contributed by atoms with van der Waals surface area (Å²) in [5.74, 6) is 0.204. The molecule has 3 aromatic rings. The summed E-state index contributed by atoms with van der Waals surface area (Å²) in [6, 6.07) is 3.71. The first kappa shape index (κ1) is 21.7. The topological polar surface area (TPSA) is 160 Å². The SMILES string of the molecule is Nc1ncnc2c1ncn2[C@@H]1O[C@H](COP2(=S)OCCC(c3ccncc3)O2)[C@@H](O)[C@H]1O. The van der Waals surface area contributed by atoms with Gasteiger partial charge in [-0.3, -0.25) is 9.55 Å². The van der Waals surface area contributed by atoms with Gasteiger partial charge in [0.15, 0.2) is 17.7 Å². The fraction of sp³-hybridized carbons (Fsp3) is 0.444. The van der Waals surface area contributed by atoms with Gasteiger partial charge in [0, 0.05) is 18.8 Å². The molecule has 2 saturated heterocycles. The molecular weight excluding hydrogens is 459 g/mol. The van der Waals surface area contributed by atoms with Gasteiger partial charge in [-0.2, -0.15) is 0 Å². The number of hydrogen-bond acceptors (Lipinski definition) is 12. The lowest BCUT2D eigenvalue weighted by Crippen LogP contribution is -2.34. The predicted molar refractivity (Wildman–Crippen MR) is 115 cm³/mol. The highest BCUT2D eigenvalue weighted by Gasteiger charge is 2.45. The molecule has 0 aliphatic carbocycles. The Bertz CT molecular complexity index is 1150. The van der Waals surface area contributed by atoms with Gasteiger partial charge in [-0.1, -0.05) is 0 Å². The van der Waals surface area contributed by atoms with Crippen LogP contribution in [0.1, 0.15) is 24.3 Å². The van der Waals surface area contributed by atoms with E-state index >= 15 is 0 Å². The van der Waals surface area contributed by atoms with Crippen LogP contribution in [0, 0.1) is 0 Å². The largest absolute Gasteiger partial charge is 0.387 e. The highest BCUT2D eigenvalue weighted by Crippen LogP contribution is 2.57. The van der Waals surface area contributed by atoms with Crippen molar-refractivity contribution in [2.24, 2.45) is 0 Å². The normalized spacial score (nSPS) is 33.0. The van der Waals surface area contributed by atoms with E-state index in [-0.39, 0.29) is 18.5 Å². The minimum Gasteiger partial charge on any atom is -0.387 e. The van der Waals surface area contributed by atoms with Crippen LogP contribution in [0.5, 0.6) is 0 Å². The summed E-state index contributed by atoms with van der Waals surface area (Å²) in [7, 11) is 0. The molecule has 2 unspecified atom stereocenters.